The standard InChI is InChI=1S/C16H25N3O2/c1-3-6-14-11-13(12-15(18-14)17-4-2)16(20)19-7-5-9-21-10-8-19/h11-12H,3-10H2,1-2H3,(H,17,18). The molecule has 1 fully saturated rings. The lowest BCUT2D eigenvalue weighted by atomic mass is 10.1. The van der Waals surface area contributed by atoms with Crippen LogP contribution in [0, 0.1) is 0 Å². The van der Waals surface area contributed by atoms with E-state index in [2.05, 4.69) is 17.2 Å². The lowest BCUT2D eigenvalue weighted by Crippen LogP contribution is -2.33. The Kier molecular flexibility index (Phi) is 5.99. The third-order valence-corrected chi connectivity index (χ3v) is 3.50. The van der Waals surface area contributed by atoms with E-state index in [0.29, 0.717) is 13.2 Å². The number of hydrogen-bond donors (Lipinski definition) is 1. The second-order valence-corrected chi connectivity index (χ2v) is 5.27. The van der Waals surface area contributed by atoms with Crippen molar-refractivity contribution in [3.05, 3.63) is 23.4 Å². The SMILES string of the molecule is CCCc1cc(C(=O)N2CCCOCC2)cc(NCC)n1. The molecule has 1 amide bonds. The van der Waals surface area contributed by atoms with E-state index in [4.69, 9.17) is 4.74 Å². The Morgan fingerprint density at radius 2 is 2.19 bits per heavy atom. The van der Waals surface area contributed by atoms with E-state index < -0.39 is 0 Å². The van der Waals surface area contributed by atoms with Gasteiger partial charge in [-0.25, -0.2) is 4.98 Å². The number of amides is 1. The first-order chi connectivity index (χ1) is 10.2. The van der Waals surface area contributed by atoms with Gasteiger partial charge in [0.25, 0.3) is 5.91 Å². The highest BCUT2D eigenvalue weighted by atomic mass is 16.5. The summed E-state index contributed by atoms with van der Waals surface area (Å²) in [6.45, 7) is 7.75. The van der Waals surface area contributed by atoms with Crippen LogP contribution in [0.25, 0.3) is 0 Å². The molecular weight excluding hydrogens is 266 g/mol. The van der Waals surface area contributed by atoms with Crippen molar-refractivity contribution in [3.8, 4) is 0 Å². The molecule has 116 valence electrons. The van der Waals surface area contributed by atoms with Crippen LogP contribution in [-0.4, -0.2) is 48.6 Å². The predicted molar refractivity (Wildman–Crippen MR) is 83.7 cm³/mol. The molecule has 0 saturated carbocycles. The van der Waals surface area contributed by atoms with Crippen molar-refractivity contribution in [2.24, 2.45) is 0 Å². The molecule has 0 aliphatic carbocycles. The summed E-state index contributed by atoms with van der Waals surface area (Å²) >= 11 is 0. The second-order valence-electron chi connectivity index (χ2n) is 5.27. The second kappa shape index (κ2) is 7.98. The normalized spacial score (nSPS) is 15.6. The van der Waals surface area contributed by atoms with E-state index in [1.54, 1.807) is 0 Å². The van der Waals surface area contributed by atoms with E-state index in [9.17, 15) is 4.79 Å². The molecule has 0 radical (unpaired) electrons. The maximum Gasteiger partial charge on any atom is 0.254 e. The number of nitrogens with one attached hydrogen (secondary N) is 1. The van der Waals surface area contributed by atoms with Gasteiger partial charge in [-0.3, -0.25) is 4.79 Å². The Labute approximate surface area is 126 Å². The highest BCUT2D eigenvalue weighted by Gasteiger charge is 2.18. The van der Waals surface area contributed by atoms with Crippen molar-refractivity contribution in [3.63, 3.8) is 0 Å². The van der Waals surface area contributed by atoms with Gasteiger partial charge in [0, 0.05) is 37.5 Å². The molecule has 1 saturated heterocycles. The summed E-state index contributed by atoms with van der Waals surface area (Å²) in [4.78, 5) is 19.1. The van der Waals surface area contributed by atoms with Crippen LogP contribution in [0.4, 0.5) is 5.82 Å². The monoisotopic (exact) mass is 291 g/mol. The zero-order chi connectivity index (χ0) is 15.1. The molecule has 1 N–H and O–H groups in total. The van der Waals surface area contributed by atoms with Gasteiger partial charge in [-0.1, -0.05) is 13.3 Å². The third-order valence-electron chi connectivity index (χ3n) is 3.50. The summed E-state index contributed by atoms with van der Waals surface area (Å²) in [6, 6.07) is 3.79. The highest BCUT2D eigenvalue weighted by molar-refractivity contribution is 5.95. The topological polar surface area (TPSA) is 54.5 Å². The van der Waals surface area contributed by atoms with Gasteiger partial charge in [-0.2, -0.15) is 0 Å². The number of hydrogen-bond acceptors (Lipinski definition) is 4. The maximum absolute atomic E-state index is 12.7. The molecule has 0 aromatic carbocycles. The Bertz CT molecular complexity index is 444. The Morgan fingerprint density at radius 3 is 2.95 bits per heavy atom. The van der Waals surface area contributed by atoms with Gasteiger partial charge in [0.1, 0.15) is 5.82 Å². The Morgan fingerprint density at radius 1 is 1.33 bits per heavy atom. The first-order valence-corrected chi connectivity index (χ1v) is 7.86. The van der Waals surface area contributed by atoms with Crippen molar-refractivity contribution in [1.29, 1.82) is 0 Å². The average Bonchev–Trinajstić information content (AvgIpc) is 2.76. The van der Waals surface area contributed by atoms with E-state index in [0.717, 1.165) is 56.0 Å². The van der Waals surface area contributed by atoms with E-state index in [-0.39, 0.29) is 5.91 Å². The van der Waals surface area contributed by atoms with Crippen LogP contribution < -0.4 is 5.32 Å². The lowest BCUT2D eigenvalue weighted by molar-refractivity contribution is 0.0741. The van der Waals surface area contributed by atoms with E-state index in [1.807, 2.05) is 24.0 Å². The summed E-state index contributed by atoms with van der Waals surface area (Å²) in [7, 11) is 0. The smallest absolute Gasteiger partial charge is 0.254 e. The fraction of sp³-hybridized carbons (Fsp3) is 0.625. The first-order valence-electron chi connectivity index (χ1n) is 7.86. The number of rotatable bonds is 5. The number of aromatic nitrogens is 1. The molecule has 0 spiro atoms. The van der Waals surface area contributed by atoms with Gasteiger partial charge < -0.3 is 15.0 Å². The van der Waals surface area contributed by atoms with Crippen LogP contribution in [0.15, 0.2) is 12.1 Å². The minimum atomic E-state index is 0.0828. The Balaban J connectivity index is 2.21. The largest absolute Gasteiger partial charge is 0.380 e. The molecule has 5 nitrogen and oxygen atoms in total. The number of nitrogens with zero attached hydrogens (tertiary/aromatic N) is 2. The van der Waals surface area contributed by atoms with Crippen molar-refractivity contribution in [1.82, 2.24) is 9.88 Å². The van der Waals surface area contributed by atoms with Crippen LogP contribution in [0.1, 0.15) is 42.7 Å². The molecule has 2 rings (SSSR count). The van der Waals surface area contributed by atoms with E-state index >= 15 is 0 Å². The molecular formula is C16H25N3O2. The molecule has 1 aromatic heterocycles. The van der Waals surface area contributed by atoms with Gasteiger partial charge in [0.15, 0.2) is 0 Å². The number of aryl methyl sites for hydroxylation is 1. The van der Waals surface area contributed by atoms with Gasteiger partial charge in [0.2, 0.25) is 0 Å². The summed E-state index contributed by atoms with van der Waals surface area (Å²) in [6.07, 6.45) is 2.81. The number of anilines is 1. The first kappa shape index (κ1) is 15.8. The van der Waals surface area contributed by atoms with Crippen LogP contribution in [0.3, 0.4) is 0 Å². The summed E-state index contributed by atoms with van der Waals surface area (Å²) in [5.74, 6) is 0.872. The van der Waals surface area contributed by atoms with Crippen LogP contribution in [0.2, 0.25) is 0 Å². The fourth-order valence-electron chi connectivity index (χ4n) is 2.50. The molecule has 5 heteroatoms. The molecule has 0 bridgehead atoms. The molecule has 0 unspecified atom stereocenters. The minimum Gasteiger partial charge on any atom is -0.380 e. The van der Waals surface area contributed by atoms with Crippen LogP contribution in [-0.2, 0) is 11.2 Å². The summed E-state index contributed by atoms with van der Waals surface area (Å²) in [5, 5.41) is 3.21. The molecule has 1 aromatic rings. The zero-order valence-corrected chi connectivity index (χ0v) is 13.0. The fourth-order valence-corrected chi connectivity index (χ4v) is 2.50. The highest BCUT2D eigenvalue weighted by Crippen LogP contribution is 2.15. The quantitative estimate of drug-likeness (QED) is 0.904. The Hall–Kier alpha value is -1.62. The van der Waals surface area contributed by atoms with Gasteiger partial charge >= 0.3 is 0 Å². The summed E-state index contributed by atoms with van der Waals surface area (Å²) in [5.41, 5.74) is 1.71. The van der Waals surface area contributed by atoms with Crippen molar-refractivity contribution in [2.75, 3.05) is 38.2 Å². The molecule has 1 aliphatic heterocycles. The predicted octanol–water partition coefficient (Wildman–Crippen LogP) is 2.33. The van der Waals surface area contributed by atoms with Crippen LogP contribution in [0.5, 0.6) is 0 Å². The molecule has 0 atom stereocenters. The average molecular weight is 291 g/mol. The maximum atomic E-state index is 12.7. The van der Waals surface area contributed by atoms with E-state index in [1.165, 1.54) is 0 Å². The van der Waals surface area contributed by atoms with Crippen molar-refractivity contribution in [2.45, 2.75) is 33.1 Å². The minimum absolute atomic E-state index is 0.0828. The number of carbonyl (C=O) groups excluding carboxylic acids is 1. The van der Waals surface area contributed by atoms with Crippen molar-refractivity contribution >= 4 is 11.7 Å². The molecule has 2 heterocycles. The number of carbonyl (C=O) groups is 1. The molecule has 21 heavy (non-hydrogen) atoms. The third kappa shape index (κ3) is 4.43. The van der Waals surface area contributed by atoms with Gasteiger partial charge in [-0.15, -0.1) is 0 Å². The molecule has 1 aliphatic rings. The van der Waals surface area contributed by atoms with Gasteiger partial charge in [-0.05, 0) is 31.9 Å². The number of pyridine rings is 1. The van der Waals surface area contributed by atoms with Crippen LogP contribution >= 0.6 is 0 Å². The summed E-state index contributed by atoms with van der Waals surface area (Å²) < 4.78 is 5.42. The lowest BCUT2D eigenvalue weighted by Gasteiger charge is -2.20. The number of ether oxygens (including phenoxy) is 1. The van der Waals surface area contributed by atoms with Crippen molar-refractivity contribution < 1.29 is 9.53 Å². The zero-order valence-electron chi connectivity index (χ0n) is 13.0. The van der Waals surface area contributed by atoms with Gasteiger partial charge in [0.05, 0.1) is 6.61 Å².